The van der Waals surface area contributed by atoms with Crippen LogP contribution in [0.15, 0.2) is 77.7 Å². The smallest absolute Gasteiger partial charge is 0.262 e. The zero-order chi connectivity index (χ0) is 18.7. The Morgan fingerprint density at radius 3 is 2.23 bits per heavy atom. The molecule has 0 atom stereocenters. The summed E-state index contributed by atoms with van der Waals surface area (Å²) in [6.45, 7) is 2.10. The van der Waals surface area contributed by atoms with E-state index in [1.54, 1.807) is 24.3 Å². The van der Waals surface area contributed by atoms with E-state index in [-0.39, 0.29) is 11.4 Å². The van der Waals surface area contributed by atoms with Gasteiger partial charge >= 0.3 is 0 Å². The fourth-order valence-electron chi connectivity index (χ4n) is 2.63. The largest absolute Gasteiger partial charge is 0.264 e. The maximum atomic E-state index is 13.2. The Kier molecular flexibility index (Phi) is 5.30. The molecule has 0 fully saturated rings. The fraction of sp³-hybridized carbons (Fsp3) is 0.100. The van der Waals surface area contributed by atoms with Crippen molar-refractivity contribution >= 4 is 27.3 Å². The van der Waals surface area contributed by atoms with Gasteiger partial charge in [0, 0.05) is 5.02 Å². The maximum Gasteiger partial charge on any atom is 0.264 e. The zero-order valence-electron chi connectivity index (χ0n) is 14.1. The lowest BCUT2D eigenvalue weighted by Gasteiger charge is -2.25. The first-order valence-corrected chi connectivity index (χ1v) is 9.77. The van der Waals surface area contributed by atoms with Crippen LogP contribution in [0.25, 0.3) is 0 Å². The van der Waals surface area contributed by atoms with Crippen molar-refractivity contribution in [2.24, 2.45) is 0 Å². The lowest BCUT2D eigenvalue weighted by atomic mass is 10.1. The van der Waals surface area contributed by atoms with Gasteiger partial charge in [0.2, 0.25) is 0 Å². The van der Waals surface area contributed by atoms with Crippen LogP contribution >= 0.6 is 11.6 Å². The number of sulfonamides is 1. The van der Waals surface area contributed by atoms with Crippen molar-refractivity contribution in [3.05, 3.63) is 94.8 Å². The number of nitrogens with zero attached hydrogens (tertiary/aromatic N) is 1. The van der Waals surface area contributed by atoms with Crippen molar-refractivity contribution < 1.29 is 12.8 Å². The first-order chi connectivity index (χ1) is 12.4. The molecule has 0 aliphatic rings. The van der Waals surface area contributed by atoms with Crippen molar-refractivity contribution in [1.29, 1.82) is 0 Å². The molecule has 0 amide bonds. The highest BCUT2D eigenvalue weighted by Crippen LogP contribution is 2.27. The Bertz CT molecular complexity index is 1000. The lowest BCUT2D eigenvalue weighted by Crippen LogP contribution is -2.30. The van der Waals surface area contributed by atoms with Crippen molar-refractivity contribution in [3.8, 4) is 0 Å². The topological polar surface area (TPSA) is 37.4 Å². The minimum atomic E-state index is -3.87. The van der Waals surface area contributed by atoms with Crippen LogP contribution in [0, 0.1) is 12.7 Å². The van der Waals surface area contributed by atoms with Gasteiger partial charge < -0.3 is 0 Å². The Labute approximate surface area is 157 Å². The summed E-state index contributed by atoms with van der Waals surface area (Å²) >= 11 is 5.94. The highest BCUT2D eigenvalue weighted by atomic mass is 35.5. The summed E-state index contributed by atoms with van der Waals surface area (Å²) in [7, 11) is -3.87. The summed E-state index contributed by atoms with van der Waals surface area (Å²) in [5, 5.41) is 0.517. The van der Waals surface area contributed by atoms with Gasteiger partial charge in [-0.3, -0.25) is 4.31 Å². The predicted octanol–water partition coefficient (Wildman–Crippen LogP) is 5.18. The van der Waals surface area contributed by atoms with E-state index >= 15 is 0 Å². The predicted molar refractivity (Wildman–Crippen MR) is 102 cm³/mol. The van der Waals surface area contributed by atoms with E-state index in [2.05, 4.69) is 0 Å². The highest BCUT2D eigenvalue weighted by molar-refractivity contribution is 7.92. The van der Waals surface area contributed by atoms with Crippen molar-refractivity contribution in [3.63, 3.8) is 0 Å². The van der Waals surface area contributed by atoms with Crippen LogP contribution in [0.5, 0.6) is 0 Å². The third-order valence-corrected chi connectivity index (χ3v) is 5.96. The zero-order valence-corrected chi connectivity index (χ0v) is 15.6. The van der Waals surface area contributed by atoms with Crippen molar-refractivity contribution in [1.82, 2.24) is 0 Å². The summed E-state index contributed by atoms with van der Waals surface area (Å²) in [5.74, 6) is -0.485. The normalized spacial score (nSPS) is 11.3. The monoisotopic (exact) mass is 389 g/mol. The van der Waals surface area contributed by atoms with Gasteiger partial charge in [0.1, 0.15) is 5.82 Å². The first-order valence-electron chi connectivity index (χ1n) is 7.96. The molecule has 0 radical (unpaired) electrons. The molecular weight excluding hydrogens is 373 g/mol. The van der Waals surface area contributed by atoms with Gasteiger partial charge in [0.05, 0.1) is 17.1 Å². The molecule has 3 aromatic carbocycles. The number of hydrogen-bond acceptors (Lipinski definition) is 2. The molecule has 0 saturated carbocycles. The van der Waals surface area contributed by atoms with Gasteiger partial charge in [-0.05, 0) is 61.0 Å². The summed E-state index contributed by atoms with van der Waals surface area (Å²) in [5.41, 5.74) is 2.38. The average Bonchev–Trinajstić information content (AvgIpc) is 2.61. The van der Waals surface area contributed by atoms with Crippen LogP contribution < -0.4 is 4.31 Å². The number of benzene rings is 3. The van der Waals surface area contributed by atoms with Crippen LogP contribution in [0.3, 0.4) is 0 Å². The highest BCUT2D eigenvalue weighted by Gasteiger charge is 2.25. The summed E-state index contributed by atoms with van der Waals surface area (Å²) in [4.78, 5) is 0.0292. The molecular formula is C20H17ClFNO2S. The maximum absolute atomic E-state index is 13.2. The number of rotatable bonds is 5. The number of hydrogen-bond donors (Lipinski definition) is 0. The molecule has 0 aliphatic carbocycles. The molecule has 0 saturated heterocycles. The number of halogens is 2. The molecule has 26 heavy (non-hydrogen) atoms. The molecule has 134 valence electrons. The van der Waals surface area contributed by atoms with E-state index in [1.165, 1.54) is 16.4 Å². The summed E-state index contributed by atoms with van der Waals surface area (Å²) in [6.07, 6.45) is 0. The molecule has 0 unspecified atom stereocenters. The van der Waals surface area contributed by atoms with Gasteiger partial charge in [0.15, 0.2) is 0 Å². The quantitative estimate of drug-likeness (QED) is 0.602. The second kappa shape index (κ2) is 7.48. The Morgan fingerprint density at radius 1 is 0.962 bits per heavy atom. The van der Waals surface area contributed by atoms with Crippen LogP contribution in [-0.4, -0.2) is 8.42 Å². The molecule has 6 heteroatoms. The van der Waals surface area contributed by atoms with E-state index in [4.69, 9.17) is 11.6 Å². The third-order valence-electron chi connectivity index (χ3n) is 3.92. The van der Waals surface area contributed by atoms with E-state index < -0.39 is 15.8 Å². The Hall–Kier alpha value is -2.37. The molecule has 3 rings (SSSR count). The first kappa shape index (κ1) is 18.4. The minimum absolute atomic E-state index is 0.0292. The molecule has 0 aromatic heterocycles. The molecule has 3 nitrogen and oxygen atoms in total. The van der Waals surface area contributed by atoms with Gasteiger partial charge in [-0.2, -0.15) is 0 Å². The van der Waals surface area contributed by atoms with Crippen LogP contribution in [0.2, 0.25) is 5.02 Å². The second-order valence-corrected chi connectivity index (χ2v) is 8.23. The molecule has 0 N–H and O–H groups in total. The third kappa shape index (κ3) is 4.06. The molecule has 0 heterocycles. The SMILES string of the molecule is Cc1cccc(CN(c2ccc(Cl)cc2)S(=O)(=O)c2ccc(F)cc2)c1. The average molecular weight is 390 g/mol. The minimum Gasteiger partial charge on any atom is -0.262 e. The van der Waals surface area contributed by atoms with E-state index in [1.807, 2.05) is 31.2 Å². The van der Waals surface area contributed by atoms with E-state index in [0.717, 1.165) is 23.3 Å². The van der Waals surface area contributed by atoms with Gasteiger partial charge in [-0.25, -0.2) is 12.8 Å². The summed E-state index contributed by atoms with van der Waals surface area (Å²) in [6, 6.07) is 19.0. The van der Waals surface area contributed by atoms with E-state index in [0.29, 0.717) is 10.7 Å². The van der Waals surface area contributed by atoms with Crippen LogP contribution in [-0.2, 0) is 16.6 Å². The fourth-order valence-corrected chi connectivity index (χ4v) is 4.21. The molecule has 0 bridgehead atoms. The van der Waals surface area contributed by atoms with Gasteiger partial charge in [-0.15, -0.1) is 0 Å². The lowest BCUT2D eigenvalue weighted by molar-refractivity contribution is 0.589. The van der Waals surface area contributed by atoms with Crippen LogP contribution in [0.1, 0.15) is 11.1 Å². The van der Waals surface area contributed by atoms with E-state index in [9.17, 15) is 12.8 Å². The van der Waals surface area contributed by atoms with Crippen LogP contribution in [0.4, 0.5) is 10.1 Å². The number of aryl methyl sites for hydroxylation is 1. The van der Waals surface area contributed by atoms with Crippen molar-refractivity contribution in [2.75, 3.05) is 4.31 Å². The molecule has 3 aromatic rings. The van der Waals surface area contributed by atoms with Gasteiger partial charge in [0.25, 0.3) is 10.0 Å². The molecule has 0 spiro atoms. The van der Waals surface area contributed by atoms with Gasteiger partial charge in [-0.1, -0.05) is 41.4 Å². The summed E-state index contributed by atoms with van der Waals surface area (Å²) < 4.78 is 40.9. The van der Waals surface area contributed by atoms with Crippen molar-refractivity contribution in [2.45, 2.75) is 18.4 Å². The second-order valence-electron chi connectivity index (χ2n) is 5.93. The Morgan fingerprint density at radius 2 is 1.62 bits per heavy atom. The number of anilines is 1. The standard InChI is InChI=1S/C20H17ClFNO2S/c1-15-3-2-4-16(13-15)14-23(19-9-5-17(21)6-10-19)26(24,25)20-11-7-18(22)8-12-20/h2-13H,14H2,1H3. The molecule has 0 aliphatic heterocycles. The Balaban J connectivity index is 2.07.